The lowest BCUT2D eigenvalue weighted by atomic mass is 9.96. The fraction of sp³-hybridized carbons (Fsp3) is 1.00. The van der Waals surface area contributed by atoms with Crippen LogP contribution < -0.4 is 5.32 Å². The zero-order valence-corrected chi connectivity index (χ0v) is 11.6. The van der Waals surface area contributed by atoms with Gasteiger partial charge in [0, 0.05) is 19.1 Å². The highest BCUT2D eigenvalue weighted by molar-refractivity contribution is 4.79. The summed E-state index contributed by atoms with van der Waals surface area (Å²) < 4.78 is 0. The van der Waals surface area contributed by atoms with E-state index in [-0.39, 0.29) is 0 Å². The molecule has 0 spiro atoms. The summed E-state index contributed by atoms with van der Waals surface area (Å²) in [5.74, 6) is 0.930. The quantitative estimate of drug-likeness (QED) is 0.803. The predicted octanol–water partition coefficient (Wildman–Crippen LogP) is 1.40. The van der Waals surface area contributed by atoms with E-state index in [4.69, 9.17) is 0 Å². The molecule has 2 rings (SSSR count). The third-order valence-electron chi connectivity index (χ3n) is 4.53. The minimum atomic E-state index is 0.775. The lowest BCUT2D eigenvalue weighted by Gasteiger charge is -2.34. The summed E-state index contributed by atoms with van der Waals surface area (Å²) in [6.07, 6.45) is 6.92. The highest BCUT2D eigenvalue weighted by Gasteiger charge is 2.22. The monoisotopic (exact) mass is 239 g/mol. The Morgan fingerprint density at radius 2 is 1.94 bits per heavy atom. The van der Waals surface area contributed by atoms with Crippen molar-refractivity contribution in [2.45, 2.75) is 38.1 Å². The zero-order valence-electron chi connectivity index (χ0n) is 11.6. The SMILES string of the molecule is CN1CCC(CN(C)C2CCCCNC2)CC1. The van der Waals surface area contributed by atoms with Crippen molar-refractivity contribution in [3.8, 4) is 0 Å². The van der Waals surface area contributed by atoms with Crippen molar-refractivity contribution in [3.05, 3.63) is 0 Å². The molecule has 1 unspecified atom stereocenters. The van der Waals surface area contributed by atoms with Gasteiger partial charge in [0.1, 0.15) is 0 Å². The van der Waals surface area contributed by atoms with E-state index in [0.29, 0.717) is 0 Å². The van der Waals surface area contributed by atoms with E-state index in [0.717, 1.165) is 12.0 Å². The highest BCUT2D eigenvalue weighted by Crippen LogP contribution is 2.19. The van der Waals surface area contributed by atoms with E-state index in [1.807, 2.05) is 0 Å². The molecule has 0 radical (unpaired) electrons. The van der Waals surface area contributed by atoms with Crippen LogP contribution in [0.2, 0.25) is 0 Å². The van der Waals surface area contributed by atoms with E-state index >= 15 is 0 Å². The minimum absolute atomic E-state index is 0.775. The molecular formula is C14H29N3. The van der Waals surface area contributed by atoms with Gasteiger partial charge in [-0.15, -0.1) is 0 Å². The fourth-order valence-corrected chi connectivity index (χ4v) is 3.18. The van der Waals surface area contributed by atoms with Crippen LogP contribution in [0, 0.1) is 5.92 Å². The number of likely N-dealkylation sites (tertiary alicyclic amines) is 1. The Morgan fingerprint density at radius 1 is 1.18 bits per heavy atom. The number of likely N-dealkylation sites (N-methyl/N-ethyl adjacent to an activating group) is 1. The van der Waals surface area contributed by atoms with Crippen molar-refractivity contribution in [1.82, 2.24) is 15.1 Å². The molecule has 2 aliphatic rings. The smallest absolute Gasteiger partial charge is 0.0217 e. The summed E-state index contributed by atoms with van der Waals surface area (Å²) >= 11 is 0. The molecule has 0 aromatic heterocycles. The molecule has 0 aliphatic carbocycles. The van der Waals surface area contributed by atoms with Gasteiger partial charge in [-0.2, -0.15) is 0 Å². The molecular weight excluding hydrogens is 210 g/mol. The molecule has 1 atom stereocenters. The Balaban J connectivity index is 1.73. The van der Waals surface area contributed by atoms with E-state index in [1.165, 1.54) is 64.8 Å². The van der Waals surface area contributed by atoms with Crippen molar-refractivity contribution in [2.24, 2.45) is 5.92 Å². The molecule has 1 N–H and O–H groups in total. The Morgan fingerprint density at radius 3 is 2.71 bits per heavy atom. The maximum Gasteiger partial charge on any atom is 0.0217 e. The average molecular weight is 239 g/mol. The molecule has 0 amide bonds. The van der Waals surface area contributed by atoms with Crippen LogP contribution in [0.4, 0.5) is 0 Å². The number of nitrogens with one attached hydrogen (secondary N) is 1. The van der Waals surface area contributed by atoms with Gasteiger partial charge in [-0.05, 0) is 65.3 Å². The second-order valence-electron chi connectivity index (χ2n) is 6.04. The van der Waals surface area contributed by atoms with Gasteiger partial charge < -0.3 is 15.1 Å². The van der Waals surface area contributed by atoms with Crippen LogP contribution in [0.5, 0.6) is 0 Å². The highest BCUT2D eigenvalue weighted by atomic mass is 15.2. The Kier molecular flexibility index (Phi) is 5.26. The van der Waals surface area contributed by atoms with Gasteiger partial charge in [-0.1, -0.05) is 6.42 Å². The molecule has 0 saturated carbocycles. The largest absolute Gasteiger partial charge is 0.315 e. The molecule has 2 aliphatic heterocycles. The maximum absolute atomic E-state index is 3.57. The molecule has 3 heteroatoms. The molecule has 17 heavy (non-hydrogen) atoms. The van der Waals surface area contributed by atoms with Crippen molar-refractivity contribution < 1.29 is 0 Å². The Hall–Kier alpha value is -0.120. The van der Waals surface area contributed by atoms with Gasteiger partial charge in [-0.25, -0.2) is 0 Å². The van der Waals surface area contributed by atoms with Gasteiger partial charge in [0.15, 0.2) is 0 Å². The third kappa shape index (κ3) is 4.23. The number of hydrogen-bond acceptors (Lipinski definition) is 3. The third-order valence-corrected chi connectivity index (χ3v) is 4.53. The number of rotatable bonds is 3. The Labute approximate surface area is 107 Å². The molecule has 2 fully saturated rings. The van der Waals surface area contributed by atoms with E-state index in [9.17, 15) is 0 Å². The topological polar surface area (TPSA) is 18.5 Å². The van der Waals surface area contributed by atoms with Crippen LogP contribution in [-0.4, -0.2) is 62.7 Å². The first-order chi connectivity index (χ1) is 8.25. The molecule has 3 nitrogen and oxygen atoms in total. The standard InChI is InChI=1S/C14H29N3/c1-16-9-6-13(7-10-16)12-17(2)14-5-3-4-8-15-11-14/h13-15H,3-12H2,1-2H3. The first-order valence-corrected chi connectivity index (χ1v) is 7.35. The van der Waals surface area contributed by atoms with Gasteiger partial charge in [0.05, 0.1) is 0 Å². The van der Waals surface area contributed by atoms with Crippen LogP contribution in [0.1, 0.15) is 32.1 Å². The first kappa shape index (κ1) is 13.3. The van der Waals surface area contributed by atoms with E-state index in [1.54, 1.807) is 0 Å². The lowest BCUT2D eigenvalue weighted by molar-refractivity contribution is 0.146. The molecule has 2 saturated heterocycles. The molecule has 0 aromatic carbocycles. The number of nitrogens with zero attached hydrogens (tertiary/aromatic N) is 2. The minimum Gasteiger partial charge on any atom is -0.315 e. The second-order valence-corrected chi connectivity index (χ2v) is 6.04. The summed E-state index contributed by atoms with van der Waals surface area (Å²) in [5, 5.41) is 3.57. The van der Waals surface area contributed by atoms with Gasteiger partial charge in [0.2, 0.25) is 0 Å². The fourth-order valence-electron chi connectivity index (χ4n) is 3.18. The van der Waals surface area contributed by atoms with Crippen LogP contribution in [0.25, 0.3) is 0 Å². The van der Waals surface area contributed by atoms with Crippen LogP contribution in [-0.2, 0) is 0 Å². The summed E-state index contributed by atoms with van der Waals surface area (Å²) in [5.41, 5.74) is 0. The summed E-state index contributed by atoms with van der Waals surface area (Å²) in [4.78, 5) is 5.08. The van der Waals surface area contributed by atoms with Crippen LogP contribution >= 0.6 is 0 Å². The van der Waals surface area contributed by atoms with Crippen molar-refractivity contribution >= 4 is 0 Å². The lowest BCUT2D eigenvalue weighted by Crippen LogP contribution is -2.43. The number of hydrogen-bond donors (Lipinski definition) is 1. The molecule has 0 bridgehead atoms. The first-order valence-electron chi connectivity index (χ1n) is 7.35. The number of piperidine rings is 1. The van der Waals surface area contributed by atoms with Crippen molar-refractivity contribution in [1.29, 1.82) is 0 Å². The molecule has 2 heterocycles. The normalized spacial score (nSPS) is 29.5. The maximum atomic E-state index is 3.57. The molecule has 0 aromatic rings. The van der Waals surface area contributed by atoms with E-state index < -0.39 is 0 Å². The van der Waals surface area contributed by atoms with E-state index in [2.05, 4.69) is 29.2 Å². The van der Waals surface area contributed by atoms with Crippen molar-refractivity contribution in [2.75, 3.05) is 46.8 Å². The second kappa shape index (κ2) is 6.72. The summed E-state index contributed by atoms with van der Waals surface area (Å²) in [6, 6.07) is 0.775. The summed E-state index contributed by atoms with van der Waals surface area (Å²) in [7, 11) is 4.57. The molecule has 100 valence electrons. The van der Waals surface area contributed by atoms with Gasteiger partial charge in [-0.3, -0.25) is 0 Å². The van der Waals surface area contributed by atoms with Crippen LogP contribution in [0.15, 0.2) is 0 Å². The van der Waals surface area contributed by atoms with Gasteiger partial charge in [0.25, 0.3) is 0 Å². The zero-order chi connectivity index (χ0) is 12.1. The van der Waals surface area contributed by atoms with Crippen molar-refractivity contribution in [3.63, 3.8) is 0 Å². The predicted molar refractivity (Wildman–Crippen MR) is 73.4 cm³/mol. The average Bonchev–Trinajstić information content (AvgIpc) is 2.61. The van der Waals surface area contributed by atoms with Gasteiger partial charge >= 0.3 is 0 Å². The Bertz CT molecular complexity index is 204. The summed E-state index contributed by atoms with van der Waals surface area (Å²) in [6.45, 7) is 6.31. The van der Waals surface area contributed by atoms with Crippen LogP contribution in [0.3, 0.4) is 0 Å².